The summed E-state index contributed by atoms with van der Waals surface area (Å²) in [6.07, 6.45) is 1.08. The van der Waals surface area contributed by atoms with Gasteiger partial charge in [-0.2, -0.15) is 0 Å². The fourth-order valence-corrected chi connectivity index (χ4v) is 2.53. The maximum Gasteiger partial charge on any atom is 0.343 e. The largest absolute Gasteiger partial charge is 0.512 e. The molecule has 0 fully saturated rings. The minimum atomic E-state index is -0.744. The third kappa shape index (κ3) is 5.36. The van der Waals surface area contributed by atoms with Crippen molar-refractivity contribution in [1.29, 1.82) is 0 Å². The molecule has 0 saturated heterocycles. The number of hydrogen-bond donors (Lipinski definition) is 2. The van der Waals surface area contributed by atoms with Crippen LogP contribution in [-0.4, -0.2) is 36.3 Å². The molecule has 0 unspecified atom stereocenters. The number of carbonyl (C=O) groups excluding carboxylic acids is 2. The Kier molecular flexibility index (Phi) is 8.22. The smallest absolute Gasteiger partial charge is 0.343 e. The fourth-order valence-electron chi connectivity index (χ4n) is 1.77. The van der Waals surface area contributed by atoms with Crippen molar-refractivity contribution < 1.29 is 19.4 Å². The molecule has 0 radical (unpaired) electrons. The summed E-state index contributed by atoms with van der Waals surface area (Å²) in [7, 11) is 0. The molecule has 0 spiro atoms. The molecule has 1 aromatic rings. The van der Waals surface area contributed by atoms with Crippen LogP contribution in [0, 0.1) is 0 Å². The molecule has 0 atom stereocenters. The van der Waals surface area contributed by atoms with Crippen LogP contribution in [0.3, 0.4) is 0 Å². The third-order valence-corrected chi connectivity index (χ3v) is 4.09. The first kappa shape index (κ1) is 21.3. The summed E-state index contributed by atoms with van der Waals surface area (Å²) >= 11 is 18.3. The molecule has 136 valence electrons. The quantitative estimate of drug-likeness (QED) is 0.239. The van der Waals surface area contributed by atoms with Gasteiger partial charge in [-0.05, 0) is 26.8 Å². The van der Waals surface area contributed by atoms with Crippen molar-refractivity contribution in [3.63, 3.8) is 0 Å². The normalized spacial score (nSPS) is 12.1. The maximum atomic E-state index is 12.1. The molecule has 0 aliphatic carbocycles. The van der Waals surface area contributed by atoms with Crippen LogP contribution in [0.5, 0.6) is 0 Å². The van der Waals surface area contributed by atoms with E-state index in [0.717, 1.165) is 6.21 Å². The van der Waals surface area contributed by atoms with Gasteiger partial charge in [0.2, 0.25) is 0 Å². The van der Waals surface area contributed by atoms with Gasteiger partial charge < -0.3 is 15.2 Å². The number of esters is 1. The standard InChI is InChI=1S/C16H17Cl3N2O4/c1-4-20-15(23)12-13(18)10(17)6-11(14(12)19)21-7-9(8(3)22)16(24)25-5-2/h6-7,22H,4-5H2,1-3H3,(H,20,23). The summed E-state index contributed by atoms with van der Waals surface area (Å²) in [5.74, 6) is -1.52. The summed E-state index contributed by atoms with van der Waals surface area (Å²) in [6, 6.07) is 1.35. The van der Waals surface area contributed by atoms with Crippen LogP contribution in [0.1, 0.15) is 31.1 Å². The minimum Gasteiger partial charge on any atom is -0.512 e. The van der Waals surface area contributed by atoms with Gasteiger partial charge in [-0.3, -0.25) is 9.79 Å². The Bertz CT molecular complexity index is 741. The van der Waals surface area contributed by atoms with Crippen molar-refractivity contribution in [2.75, 3.05) is 13.2 Å². The van der Waals surface area contributed by atoms with Gasteiger partial charge in [0.15, 0.2) is 0 Å². The lowest BCUT2D eigenvalue weighted by molar-refractivity contribution is -0.138. The van der Waals surface area contributed by atoms with Gasteiger partial charge in [0.25, 0.3) is 5.91 Å². The van der Waals surface area contributed by atoms with Crippen LogP contribution in [0.4, 0.5) is 5.69 Å². The number of halogens is 3. The van der Waals surface area contributed by atoms with Gasteiger partial charge in [0.1, 0.15) is 11.3 Å². The van der Waals surface area contributed by atoms with Gasteiger partial charge in [-0.15, -0.1) is 0 Å². The highest BCUT2D eigenvalue weighted by molar-refractivity contribution is 6.47. The van der Waals surface area contributed by atoms with E-state index in [1.54, 1.807) is 13.8 Å². The first-order valence-electron chi connectivity index (χ1n) is 7.31. The molecule has 0 aliphatic rings. The highest BCUT2D eigenvalue weighted by atomic mass is 35.5. The lowest BCUT2D eigenvalue weighted by Crippen LogP contribution is -2.23. The number of ether oxygens (including phenoxy) is 1. The van der Waals surface area contributed by atoms with E-state index in [4.69, 9.17) is 39.5 Å². The Morgan fingerprint density at radius 1 is 1.28 bits per heavy atom. The molecule has 0 aromatic heterocycles. The minimum absolute atomic E-state index is 0.00364. The van der Waals surface area contributed by atoms with E-state index in [2.05, 4.69) is 10.3 Å². The molecule has 0 bridgehead atoms. The van der Waals surface area contributed by atoms with E-state index in [0.29, 0.717) is 6.54 Å². The number of nitrogens with one attached hydrogen (secondary N) is 1. The van der Waals surface area contributed by atoms with E-state index < -0.39 is 11.9 Å². The summed E-state index contributed by atoms with van der Waals surface area (Å²) < 4.78 is 4.83. The molecular weight excluding hydrogens is 391 g/mol. The number of allylic oxidation sites excluding steroid dienone is 1. The molecule has 1 aromatic carbocycles. The van der Waals surface area contributed by atoms with Crippen molar-refractivity contribution in [3.05, 3.63) is 38.0 Å². The first-order valence-corrected chi connectivity index (χ1v) is 8.44. The SMILES string of the molecule is CCNC(=O)c1c(Cl)c(Cl)cc(N=CC(C(=O)OCC)=C(C)O)c1Cl. The van der Waals surface area contributed by atoms with Crippen LogP contribution in [0.15, 0.2) is 22.4 Å². The summed E-state index contributed by atoms with van der Waals surface area (Å²) in [6.45, 7) is 5.20. The maximum absolute atomic E-state index is 12.1. The molecule has 1 rings (SSSR count). The number of carbonyl (C=O) groups is 2. The number of benzene rings is 1. The Labute approximate surface area is 160 Å². The highest BCUT2D eigenvalue weighted by Gasteiger charge is 2.21. The zero-order valence-corrected chi connectivity index (χ0v) is 16.1. The second-order valence-electron chi connectivity index (χ2n) is 4.72. The van der Waals surface area contributed by atoms with Crippen LogP contribution in [0.2, 0.25) is 15.1 Å². The Morgan fingerprint density at radius 2 is 1.92 bits per heavy atom. The molecule has 1 amide bonds. The van der Waals surface area contributed by atoms with Gasteiger partial charge in [0, 0.05) is 12.8 Å². The van der Waals surface area contributed by atoms with E-state index in [1.807, 2.05) is 0 Å². The lowest BCUT2D eigenvalue weighted by Gasteiger charge is -2.11. The van der Waals surface area contributed by atoms with Crippen molar-refractivity contribution in [2.24, 2.45) is 4.99 Å². The summed E-state index contributed by atoms with van der Waals surface area (Å²) in [5, 5.41) is 12.2. The Morgan fingerprint density at radius 3 is 2.44 bits per heavy atom. The van der Waals surface area contributed by atoms with Crippen LogP contribution < -0.4 is 5.32 Å². The molecule has 6 nitrogen and oxygen atoms in total. The molecule has 9 heteroatoms. The predicted octanol–water partition coefficient (Wildman–Crippen LogP) is 4.49. The van der Waals surface area contributed by atoms with Gasteiger partial charge >= 0.3 is 5.97 Å². The Balaban J connectivity index is 3.37. The van der Waals surface area contributed by atoms with Gasteiger partial charge in [-0.25, -0.2) is 4.79 Å². The first-order chi connectivity index (χ1) is 11.7. The van der Waals surface area contributed by atoms with Crippen LogP contribution >= 0.6 is 34.8 Å². The summed E-state index contributed by atoms with van der Waals surface area (Å²) in [5.41, 5.74) is -0.0591. The van der Waals surface area contributed by atoms with Gasteiger partial charge in [-0.1, -0.05) is 34.8 Å². The number of amides is 1. The molecule has 2 N–H and O–H groups in total. The number of aliphatic hydroxyl groups excluding tert-OH is 1. The van der Waals surface area contributed by atoms with Crippen molar-refractivity contribution >= 4 is 58.6 Å². The monoisotopic (exact) mass is 406 g/mol. The molecule has 0 aliphatic heterocycles. The number of nitrogens with zero attached hydrogens (tertiary/aromatic N) is 1. The van der Waals surface area contributed by atoms with Crippen molar-refractivity contribution in [2.45, 2.75) is 20.8 Å². The van der Waals surface area contributed by atoms with Crippen molar-refractivity contribution in [1.82, 2.24) is 5.32 Å². The number of aliphatic hydroxyl groups is 1. The number of aliphatic imine (C=N–C) groups is 1. The van der Waals surface area contributed by atoms with E-state index >= 15 is 0 Å². The zero-order chi connectivity index (χ0) is 19.1. The average Bonchev–Trinajstić information content (AvgIpc) is 2.52. The summed E-state index contributed by atoms with van der Waals surface area (Å²) in [4.78, 5) is 28.0. The van der Waals surface area contributed by atoms with E-state index in [1.165, 1.54) is 13.0 Å². The molecular formula is C16H17Cl3N2O4. The number of rotatable bonds is 6. The van der Waals surface area contributed by atoms with Crippen LogP contribution in [0.25, 0.3) is 0 Å². The highest BCUT2D eigenvalue weighted by Crippen LogP contribution is 2.38. The van der Waals surface area contributed by atoms with E-state index in [-0.39, 0.29) is 44.3 Å². The third-order valence-electron chi connectivity index (χ3n) is 2.92. The topological polar surface area (TPSA) is 88.0 Å². The van der Waals surface area contributed by atoms with Crippen molar-refractivity contribution in [3.8, 4) is 0 Å². The van der Waals surface area contributed by atoms with Crippen LogP contribution in [-0.2, 0) is 9.53 Å². The second-order valence-corrected chi connectivity index (χ2v) is 5.88. The molecule has 25 heavy (non-hydrogen) atoms. The Hall–Kier alpha value is -1.76. The predicted molar refractivity (Wildman–Crippen MR) is 99.6 cm³/mol. The molecule has 0 saturated carbocycles. The van der Waals surface area contributed by atoms with E-state index in [9.17, 15) is 14.7 Å². The number of hydrogen-bond acceptors (Lipinski definition) is 5. The fraction of sp³-hybridized carbons (Fsp3) is 0.312. The lowest BCUT2D eigenvalue weighted by atomic mass is 10.1. The average molecular weight is 408 g/mol. The zero-order valence-electron chi connectivity index (χ0n) is 13.8. The second kappa shape index (κ2) is 9.65. The van der Waals surface area contributed by atoms with Gasteiger partial charge in [0.05, 0.1) is 32.9 Å². The molecule has 0 heterocycles.